The summed E-state index contributed by atoms with van der Waals surface area (Å²) in [4.78, 5) is 39.7. The van der Waals surface area contributed by atoms with Gasteiger partial charge in [-0.15, -0.1) is 0 Å². The van der Waals surface area contributed by atoms with Crippen molar-refractivity contribution in [3.63, 3.8) is 0 Å². The van der Waals surface area contributed by atoms with Gasteiger partial charge in [0, 0.05) is 114 Å². The molecule has 20 heteroatoms. The van der Waals surface area contributed by atoms with Gasteiger partial charge in [-0.05, 0) is 85.1 Å². The fraction of sp³-hybridized carbons (Fsp3) is 0.429. The molecule has 3 N–H and O–H groups in total. The van der Waals surface area contributed by atoms with Crippen molar-refractivity contribution >= 4 is 70.9 Å². The lowest BCUT2D eigenvalue weighted by Crippen LogP contribution is -2.48. The maximum atomic E-state index is 14.1. The van der Waals surface area contributed by atoms with E-state index in [9.17, 15) is 27.5 Å². The fourth-order valence-electron chi connectivity index (χ4n) is 9.69. The van der Waals surface area contributed by atoms with E-state index in [1.54, 1.807) is 24.4 Å². The Labute approximate surface area is 407 Å². The predicted octanol–water partition coefficient (Wildman–Crippen LogP) is 7.94. The second-order valence-electron chi connectivity index (χ2n) is 19.5. The first-order chi connectivity index (χ1) is 33.0. The lowest BCUT2D eigenvalue weighted by atomic mass is 9.72. The number of halogens is 1. The normalized spacial score (nSPS) is 20.7. The third-order valence-corrected chi connectivity index (χ3v) is 17.6. The number of nitrogens with zero attached hydrogens (tertiary/aromatic N) is 6. The van der Waals surface area contributed by atoms with E-state index in [1.807, 2.05) is 18.2 Å². The number of aromatic nitrogens is 2. The second-order valence-corrected chi connectivity index (χ2v) is 24.2. The quantitative estimate of drug-likeness (QED) is 0.0758. The first-order valence-electron chi connectivity index (χ1n) is 23.5. The number of piperazine rings is 1. The highest BCUT2D eigenvalue weighted by Crippen LogP contribution is 2.44. The Morgan fingerprint density at radius 3 is 2.54 bits per heavy atom. The third-order valence-electron chi connectivity index (χ3n) is 13.7. The summed E-state index contributed by atoms with van der Waals surface area (Å²) in [5.74, 6) is 0.363. The molecule has 3 aromatic carbocycles. The summed E-state index contributed by atoms with van der Waals surface area (Å²) < 4.78 is 60.2. The van der Waals surface area contributed by atoms with Gasteiger partial charge in [-0.25, -0.2) is 26.7 Å². The molecule has 17 nitrogen and oxygen atoms in total. The SMILES string of the molecule is CC1(C)CCC(CN2CCN(c3ccc(C(=O)NS(=O)(=O)c4cc5c(c([N+](=O)[O-])c4)N[C@@H](CN4CCS(=O)(=NC6CC6)CC4)CO5)c(Oc4cnc5[nH]ccc5c4)c3)CC2)=C(c2ccc(Cl)cc2)C1. The van der Waals surface area contributed by atoms with E-state index in [0.29, 0.717) is 55.6 Å². The average Bonchev–Trinajstić information content (AvgIpc) is 4.01. The van der Waals surface area contributed by atoms with Gasteiger partial charge in [0.1, 0.15) is 23.8 Å². The summed E-state index contributed by atoms with van der Waals surface area (Å²) in [6.45, 7) is 10.3. The van der Waals surface area contributed by atoms with Gasteiger partial charge in [0.25, 0.3) is 21.6 Å². The van der Waals surface area contributed by atoms with Gasteiger partial charge >= 0.3 is 0 Å². The molecule has 364 valence electrons. The minimum absolute atomic E-state index is 0.0271. The number of sulfonamides is 1. The Morgan fingerprint density at radius 2 is 1.80 bits per heavy atom. The largest absolute Gasteiger partial charge is 0.489 e. The molecule has 10 rings (SSSR count). The molecule has 2 aliphatic carbocycles. The van der Waals surface area contributed by atoms with Crippen LogP contribution in [-0.4, -0.2) is 126 Å². The van der Waals surface area contributed by atoms with Crippen molar-refractivity contribution < 1.29 is 31.8 Å². The monoisotopic (exact) mass is 997 g/mol. The number of pyridine rings is 1. The first kappa shape index (κ1) is 47.0. The number of nitrogens with one attached hydrogen (secondary N) is 3. The number of nitro groups is 1. The fourth-order valence-corrected chi connectivity index (χ4v) is 13.1. The number of allylic oxidation sites excluding steroid dienone is 1. The Balaban J connectivity index is 0.851. The lowest BCUT2D eigenvalue weighted by molar-refractivity contribution is -0.384. The maximum Gasteiger partial charge on any atom is 0.297 e. The summed E-state index contributed by atoms with van der Waals surface area (Å²) in [6, 6.07) is 18.8. The number of benzene rings is 3. The summed E-state index contributed by atoms with van der Waals surface area (Å²) in [5.41, 5.74) is 5.19. The molecular formula is C49H56ClN9O8S2. The first-order valence-corrected chi connectivity index (χ1v) is 27.2. The van der Waals surface area contributed by atoms with Crippen LogP contribution < -0.4 is 24.4 Å². The predicted molar refractivity (Wildman–Crippen MR) is 268 cm³/mol. The van der Waals surface area contributed by atoms with Gasteiger partial charge in [-0.3, -0.25) is 24.7 Å². The van der Waals surface area contributed by atoms with E-state index >= 15 is 0 Å². The molecule has 0 spiro atoms. The van der Waals surface area contributed by atoms with Crippen molar-refractivity contribution in [2.45, 2.75) is 62.9 Å². The zero-order valence-corrected chi connectivity index (χ0v) is 41.0. The molecule has 2 aromatic heterocycles. The number of rotatable bonds is 13. The van der Waals surface area contributed by atoms with Crippen molar-refractivity contribution in [1.82, 2.24) is 24.5 Å². The summed E-state index contributed by atoms with van der Waals surface area (Å²) in [7, 11) is -6.91. The van der Waals surface area contributed by atoms with Crippen molar-refractivity contribution in [3.8, 4) is 17.2 Å². The number of aromatic amines is 1. The van der Waals surface area contributed by atoms with Crippen LogP contribution in [0.4, 0.5) is 17.1 Å². The number of ether oxygens (including phenoxy) is 2. The van der Waals surface area contributed by atoms with Crippen LogP contribution in [0, 0.1) is 15.5 Å². The highest BCUT2D eigenvalue weighted by molar-refractivity contribution is 7.93. The van der Waals surface area contributed by atoms with E-state index in [1.165, 1.54) is 35.0 Å². The van der Waals surface area contributed by atoms with E-state index in [-0.39, 0.29) is 46.9 Å². The zero-order chi connectivity index (χ0) is 48.1. The number of nitro benzene ring substituents is 1. The van der Waals surface area contributed by atoms with Crippen LogP contribution in [0.1, 0.15) is 61.9 Å². The molecule has 5 aromatic rings. The van der Waals surface area contributed by atoms with Gasteiger partial charge in [-0.2, -0.15) is 0 Å². The molecule has 2 saturated heterocycles. The lowest BCUT2D eigenvalue weighted by Gasteiger charge is -2.39. The number of carbonyl (C=O) groups excluding carboxylic acids is 1. The Hall–Kier alpha value is -5.73. The van der Waals surface area contributed by atoms with Gasteiger partial charge in [0.05, 0.1) is 33.7 Å². The van der Waals surface area contributed by atoms with Gasteiger partial charge in [0.15, 0.2) is 11.4 Å². The van der Waals surface area contributed by atoms with Crippen LogP contribution in [0.15, 0.2) is 94.0 Å². The topological polar surface area (TPSA) is 205 Å². The maximum absolute atomic E-state index is 14.1. The molecule has 1 amide bonds. The Bertz CT molecular complexity index is 3070. The number of anilines is 2. The van der Waals surface area contributed by atoms with Crippen molar-refractivity contribution in [3.05, 3.63) is 111 Å². The van der Waals surface area contributed by atoms with Crippen molar-refractivity contribution in [1.29, 1.82) is 0 Å². The van der Waals surface area contributed by atoms with E-state index in [0.717, 1.165) is 73.9 Å². The van der Waals surface area contributed by atoms with Crippen molar-refractivity contribution in [2.24, 2.45) is 9.78 Å². The number of hydrogen-bond acceptors (Lipinski definition) is 14. The molecular weight excluding hydrogens is 942 g/mol. The van der Waals surface area contributed by atoms with Crippen LogP contribution in [0.2, 0.25) is 5.02 Å². The Kier molecular flexibility index (Phi) is 12.9. The highest BCUT2D eigenvalue weighted by atomic mass is 35.5. The Morgan fingerprint density at radius 1 is 1.03 bits per heavy atom. The molecule has 5 aliphatic rings. The van der Waals surface area contributed by atoms with Gasteiger partial charge < -0.3 is 24.7 Å². The molecule has 0 unspecified atom stereocenters. The minimum Gasteiger partial charge on any atom is -0.489 e. The number of amides is 1. The van der Waals surface area contributed by atoms with Crippen LogP contribution >= 0.6 is 11.6 Å². The van der Waals surface area contributed by atoms with Crippen molar-refractivity contribution in [2.75, 3.05) is 80.7 Å². The van der Waals surface area contributed by atoms with Crippen LogP contribution in [0.5, 0.6) is 17.2 Å². The molecule has 3 fully saturated rings. The summed E-state index contributed by atoms with van der Waals surface area (Å²) >= 11 is 6.26. The molecule has 3 aliphatic heterocycles. The number of fused-ring (bicyclic) bond motifs is 2. The van der Waals surface area contributed by atoms with E-state index < -0.39 is 41.2 Å². The van der Waals surface area contributed by atoms with Crippen LogP contribution in [-0.2, 0) is 19.8 Å². The van der Waals surface area contributed by atoms with Crippen LogP contribution in [0.3, 0.4) is 0 Å². The second kappa shape index (κ2) is 18.9. The molecule has 0 bridgehead atoms. The number of carbonyl (C=O) groups is 1. The molecule has 1 atom stereocenters. The highest BCUT2D eigenvalue weighted by Gasteiger charge is 2.35. The van der Waals surface area contributed by atoms with Gasteiger partial charge in [0.2, 0.25) is 0 Å². The summed E-state index contributed by atoms with van der Waals surface area (Å²) in [6.07, 6.45) is 8.43. The van der Waals surface area contributed by atoms with E-state index in [2.05, 4.69) is 65.0 Å². The molecule has 69 heavy (non-hydrogen) atoms. The third kappa shape index (κ3) is 10.7. The molecule has 5 heterocycles. The number of H-pyrrole nitrogens is 1. The van der Waals surface area contributed by atoms with Crippen LogP contribution in [0.25, 0.3) is 16.6 Å². The number of hydrogen-bond donors (Lipinski definition) is 3. The standard InChI is InChI=1S/C49H56ClN9O8S2/c1-49(2)13-11-34(42(27-49)32-3-5-35(50)6-4-32)29-56-15-17-58(18-16-56)38-9-10-41(44(24-38)67-39-23-33-12-14-51-47(33)52-28-39)48(60)55-69(64,65)40-25-43(59(61)62)46-45(26-40)66-31-37(53-46)30-57-19-21-68(63,22-20-57)54-36-7-8-36/h3-6,9-10,12,14,23-26,28,36-37,53H,7-8,11,13,15-22,27,29-31H2,1-2H3,(H,51,52)(H,55,60)/t37-/m0/s1. The smallest absolute Gasteiger partial charge is 0.297 e. The van der Waals surface area contributed by atoms with E-state index in [4.69, 9.17) is 21.1 Å². The van der Waals surface area contributed by atoms with Gasteiger partial charge in [-0.1, -0.05) is 43.2 Å². The minimum atomic E-state index is -4.69. The zero-order valence-electron chi connectivity index (χ0n) is 38.6. The molecule has 1 saturated carbocycles. The average molecular weight is 999 g/mol. The molecule has 0 radical (unpaired) electrons. The summed E-state index contributed by atoms with van der Waals surface area (Å²) in [5, 5.41) is 17.1.